The minimum atomic E-state index is -0.834. The highest BCUT2D eigenvalue weighted by Crippen LogP contribution is 2.21. The molecule has 1 heterocycles. The lowest BCUT2D eigenvalue weighted by Crippen LogP contribution is -2.31. The highest BCUT2D eigenvalue weighted by atomic mass is 16.4. The van der Waals surface area contributed by atoms with E-state index < -0.39 is 5.97 Å². The first-order chi connectivity index (χ1) is 9.06. The van der Waals surface area contributed by atoms with Crippen molar-refractivity contribution in [2.45, 2.75) is 39.7 Å². The molecule has 19 heavy (non-hydrogen) atoms. The van der Waals surface area contributed by atoms with Crippen LogP contribution in [0.1, 0.15) is 48.2 Å². The van der Waals surface area contributed by atoms with Crippen LogP contribution < -0.4 is 0 Å². The average molecular weight is 261 g/mol. The molecule has 0 saturated heterocycles. The van der Waals surface area contributed by atoms with Crippen molar-refractivity contribution in [2.24, 2.45) is 5.92 Å². The highest BCUT2D eigenvalue weighted by molar-refractivity contribution is 5.87. The molecule has 1 aliphatic heterocycles. The summed E-state index contributed by atoms with van der Waals surface area (Å²) in [5.74, 6) is -0.0737. The van der Waals surface area contributed by atoms with Gasteiger partial charge in [0, 0.05) is 13.1 Å². The van der Waals surface area contributed by atoms with Gasteiger partial charge in [-0.05, 0) is 55.0 Å². The van der Waals surface area contributed by atoms with Crippen molar-refractivity contribution < 1.29 is 9.90 Å². The minimum Gasteiger partial charge on any atom is -0.478 e. The molecule has 0 spiro atoms. The third-order valence-electron chi connectivity index (χ3n) is 3.80. The van der Waals surface area contributed by atoms with Crippen molar-refractivity contribution in [3.63, 3.8) is 0 Å². The molecule has 3 heteroatoms. The van der Waals surface area contributed by atoms with Crippen LogP contribution in [0.3, 0.4) is 0 Å². The first-order valence-electron chi connectivity index (χ1n) is 7.13. The molecule has 1 aromatic carbocycles. The Morgan fingerprint density at radius 3 is 2.84 bits per heavy atom. The van der Waals surface area contributed by atoms with Gasteiger partial charge in [0.1, 0.15) is 0 Å². The third kappa shape index (κ3) is 3.80. The maximum Gasteiger partial charge on any atom is 0.335 e. The molecule has 104 valence electrons. The molecule has 2 rings (SSSR count). The summed E-state index contributed by atoms with van der Waals surface area (Å²) in [6.07, 6.45) is 3.53. The fraction of sp³-hybridized carbons (Fsp3) is 0.562. The average Bonchev–Trinajstić information content (AvgIpc) is 2.37. The van der Waals surface area contributed by atoms with E-state index >= 15 is 0 Å². The fourth-order valence-corrected chi connectivity index (χ4v) is 2.66. The van der Waals surface area contributed by atoms with Crippen LogP contribution in [0.25, 0.3) is 0 Å². The maximum absolute atomic E-state index is 11.0. The Morgan fingerprint density at radius 2 is 2.16 bits per heavy atom. The topological polar surface area (TPSA) is 40.5 Å². The number of hydrogen-bond donors (Lipinski definition) is 1. The van der Waals surface area contributed by atoms with E-state index in [0.717, 1.165) is 32.0 Å². The monoisotopic (exact) mass is 261 g/mol. The quantitative estimate of drug-likeness (QED) is 0.885. The van der Waals surface area contributed by atoms with Crippen molar-refractivity contribution in [2.75, 3.05) is 13.1 Å². The van der Waals surface area contributed by atoms with E-state index in [9.17, 15) is 4.79 Å². The van der Waals surface area contributed by atoms with Gasteiger partial charge in [0.2, 0.25) is 0 Å². The van der Waals surface area contributed by atoms with Crippen LogP contribution in [-0.4, -0.2) is 29.1 Å². The Bertz CT molecular complexity index is 454. The third-order valence-corrected chi connectivity index (χ3v) is 3.80. The number of rotatable bonds is 5. The van der Waals surface area contributed by atoms with Crippen molar-refractivity contribution >= 4 is 5.97 Å². The largest absolute Gasteiger partial charge is 0.478 e. The zero-order chi connectivity index (χ0) is 13.8. The summed E-state index contributed by atoms with van der Waals surface area (Å²) in [5, 5.41) is 9.04. The molecule has 0 amide bonds. The standard InChI is InChI=1S/C16H23NO2/c1-12(2)4-3-8-17-9-7-13-5-6-14(16(18)19)10-15(13)11-17/h5-6,10,12H,3-4,7-9,11H2,1-2H3,(H,18,19). The maximum atomic E-state index is 11.0. The SMILES string of the molecule is CC(C)CCCN1CCc2ccc(C(=O)O)cc2C1. The van der Waals surface area contributed by atoms with Crippen LogP contribution in [0.5, 0.6) is 0 Å². The highest BCUT2D eigenvalue weighted by Gasteiger charge is 2.17. The summed E-state index contributed by atoms with van der Waals surface area (Å²) in [5.41, 5.74) is 2.91. The van der Waals surface area contributed by atoms with E-state index in [4.69, 9.17) is 5.11 Å². The zero-order valence-corrected chi connectivity index (χ0v) is 11.9. The van der Waals surface area contributed by atoms with E-state index in [0.29, 0.717) is 5.56 Å². The van der Waals surface area contributed by atoms with Crippen LogP contribution in [0, 0.1) is 5.92 Å². The van der Waals surface area contributed by atoms with E-state index in [1.54, 1.807) is 6.07 Å². The van der Waals surface area contributed by atoms with Gasteiger partial charge < -0.3 is 5.11 Å². The molecule has 3 nitrogen and oxygen atoms in total. The van der Waals surface area contributed by atoms with Gasteiger partial charge >= 0.3 is 5.97 Å². The smallest absolute Gasteiger partial charge is 0.335 e. The molecule has 1 aromatic rings. The van der Waals surface area contributed by atoms with Gasteiger partial charge in [-0.15, -0.1) is 0 Å². The second kappa shape index (κ2) is 6.20. The van der Waals surface area contributed by atoms with Crippen molar-refractivity contribution in [3.8, 4) is 0 Å². The molecule has 1 aliphatic rings. The Labute approximate surface area is 115 Å². The van der Waals surface area contributed by atoms with Gasteiger partial charge in [0.25, 0.3) is 0 Å². The number of hydrogen-bond acceptors (Lipinski definition) is 2. The van der Waals surface area contributed by atoms with Crippen molar-refractivity contribution in [1.29, 1.82) is 0 Å². The van der Waals surface area contributed by atoms with Crippen LogP contribution in [0.15, 0.2) is 18.2 Å². The van der Waals surface area contributed by atoms with Crippen molar-refractivity contribution in [3.05, 3.63) is 34.9 Å². The number of benzene rings is 1. The van der Waals surface area contributed by atoms with E-state index in [1.165, 1.54) is 24.0 Å². The Morgan fingerprint density at radius 1 is 1.37 bits per heavy atom. The number of carboxylic acid groups (broad SMARTS) is 1. The van der Waals surface area contributed by atoms with Crippen LogP contribution in [0.2, 0.25) is 0 Å². The Kier molecular flexibility index (Phi) is 4.59. The molecule has 0 unspecified atom stereocenters. The predicted molar refractivity (Wildman–Crippen MR) is 76.5 cm³/mol. The Balaban J connectivity index is 1.97. The first-order valence-corrected chi connectivity index (χ1v) is 7.13. The molecule has 1 N–H and O–H groups in total. The second-order valence-corrected chi connectivity index (χ2v) is 5.85. The van der Waals surface area contributed by atoms with Gasteiger partial charge in [-0.1, -0.05) is 19.9 Å². The predicted octanol–water partition coefficient (Wildman–Crippen LogP) is 3.18. The normalized spacial score (nSPS) is 15.5. The van der Waals surface area contributed by atoms with Crippen molar-refractivity contribution in [1.82, 2.24) is 4.90 Å². The summed E-state index contributed by atoms with van der Waals surface area (Å²) in [6, 6.07) is 5.53. The van der Waals surface area contributed by atoms with Crippen LogP contribution in [-0.2, 0) is 13.0 Å². The summed E-state index contributed by atoms with van der Waals surface area (Å²) in [7, 11) is 0. The molecule has 0 radical (unpaired) electrons. The van der Waals surface area contributed by atoms with Gasteiger partial charge in [0.15, 0.2) is 0 Å². The van der Waals surface area contributed by atoms with E-state index in [1.807, 2.05) is 12.1 Å². The molecule has 0 saturated carbocycles. The number of aromatic carboxylic acids is 1. The number of carboxylic acids is 1. The van der Waals surface area contributed by atoms with Gasteiger partial charge in [0.05, 0.1) is 5.56 Å². The lowest BCUT2D eigenvalue weighted by molar-refractivity contribution is 0.0696. The lowest BCUT2D eigenvalue weighted by Gasteiger charge is -2.29. The van der Waals surface area contributed by atoms with Gasteiger partial charge in [-0.2, -0.15) is 0 Å². The van der Waals surface area contributed by atoms with E-state index in [2.05, 4.69) is 18.7 Å². The molecule has 0 atom stereocenters. The molecule has 0 aromatic heterocycles. The van der Waals surface area contributed by atoms with E-state index in [-0.39, 0.29) is 0 Å². The number of carbonyl (C=O) groups is 1. The zero-order valence-electron chi connectivity index (χ0n) is 11.9. The second-order valence-electron chi connectivity index (χ2n) is 5.85. The lowest BCUT2D eigenvalue weighted by atomic mass is 9.97. The summed E-state index contributed by atoms with van der Waals surface area (Å²) in [6.45, 7) is 7.62. The first kappa shape index (κ1) is 14.1. The summed E-state index contributed by atoms with van der Waals surface area (Å²) >= 11 is 0. The number of fused-ring (bicyclic) bond motifs is 1. The molecule has 0 bridgehead atoms. The Hall–Kier alpha value is -1.35. The minimum absolute atomic E-state index is 0.405. The van der Waals surface area contributed by atoms with Gasteiger partial charge in [-0.3, -0.25) is 4.90 Å². The summed E-state index contributed by atoms with van der Waals surface area (Å²) in [4.78, 5) is 13.4. The molecular formula is C16H23NO2. The molecular weight excluding hydrogens is 238 g/mol. The van der Waals surface area contributed by atoms with Crippen LogP contribution in [0.4, 0.5) is 0 Å². The molecule has 0 aliphatic carbocycles. The fourth-order valence-electron chi connectivity index (χ4n) is 2.66. The summed E-state index contributed by atoms with van der Waals surface area (Å²) < 4.78 is 0. The molecule has 0 fully saturated rings. The van der Waals surface area contributed by atoms with Crippen LogP contribution >= 0.6 is 0 Å². The van der Waals surface area contributed by atoms with Gasteiger partial charge in [-0.25, -0.2) is 4.79 Å². The number of nitrogens with zero attached hydrogens (tertiary/aromatic N) is 1.